The molecule has 2 rings (SSSR count). The number of nitrogens with zero attached hydrogens (tertiary/aromatic N) is 2. The first-order valence-electron chi connectivity index (χ1n) is 2.87. The number of aromatic nitrogens is 4. The van der Waals surface area contributed by atoms with Crippen LogP contribution in [0.25, 0.3) is 11.0 Å². The third kappa shape index (κ3) is 0.794. The van der Waals surface area contributed by atoms with Gasteiger partial charge in [0, 0.05) is 6.07 Å². The van der Waals surface area contributed by atoms with Gasteiger partial charge in [-0.15, -0.1) is 5.10 Å². The standard InChI is InChI=1S/C5H3FN4O/c6-3-1-2-4(7-3)8-10-9-5(2)11/h1H,(H2,7,8,9,11). The molecule has 5 nitrogen and oxygen atoms in total. The van der Waals surface area contributed by atoms with Crippen molar-refractivity contribution < 1.29 is 4.39 Å². The van der Waals surface area contributed by atoms with Crippen molar-refractivity contribution in [1.82, 2.24) is 20.4 Å². The highest BCUT2D eigenvalue weighted by atomic mass is 19.1. The summed E-state index contributed by atoms with van der Waals surface area (Å²) in [6, 6.07) is 1.07. The van der Waals surface area contributed by atoms with Crippen LogP contribution in [0.5, 0.6) is 0 Å². The van der Waals surface area contributed by atoms with Crippen molar-refractivity contribution in [3.8, 4) is 0 Å². The summed E-state index contributed by atoms with van der Waals surface area (Å²) in [5, 5.41) is 8.96. The topological polar surface area (TPSA) is 74.4 Å². The molecule has 0 amide bonds. The summed E-state index contributed by atoms with van der Waals surface area (Å²) >= 11 is 0. The van der Waals surface area contributed by atoms with Crippen LogP contribution in [0.15, 0.2) is 10.9 Å². The Bertz CT molecular complexity index is 445. The Balaban J connectivity index is 3.02. The summed E-state index contributed by atoms with van der Waals surface area (Å²) in [6.45, 7) is 0. The fraction of sp³-hybridized carbons (Fsp3) is 0. The molecule has 0 bridgehead atoms. The third-order valence-corrected chi connectivity index (χ3v) is 1.31. The zero-order valence-corrected chi connectivity index (χ0v) is 5.26. The minimum atomic E-state index is -0.592. The maximum absolute atomic E-state index is 12.4. The summed E-state index contributed by atoms with van der Waals surface area (Å²) in [7, 11) is 0. The second-order valence-electron chi connectivity index (χ2n) is 2.02. The molecule has 0 saturated carbocycles. The first kappa shape index (κ1) is 6.02. The van der Waals surface area contributed by atoms with Gasteiger partial charge in [0.2, 0.25) is 0 Å². The van der Waals surface area contributed by atoms with E-state index in [2.05, 4.69) is 20.4 Å². The first-order valence-corrected chi connectivity index (χ1v) is 2.87. The van der Waals surface area contributed by atoms with Crippen LogP contribution in [0, 0.1) is 5.95 Å². The SMILES string of the molecule is O=c1[nH]nnc2[nH]c(F)cc12. The normalized spacial score (nSPS) is 10.6. The fourth-order valence-electron chi connectivity index (χ4n) is 0.844. The van der Waals surface area contributed by atoms with Crippen LogP contribution < -0.4 is 5.56 Å². The monoisotopic (exact) mass is 154 g/mol. The molecule has 2 aromatic rings. The van der Waals surface area contributed by atoms with Gasteiger partial charge in [-0.25, -0.2) is 5.10 Å². The summed E-state index contributed by atoms with van der Waals surface area (Å²) in [6.07, 6.45) is 0. The molecule has 0 aliphatic rings. The lowest BCUT2D eigenvalue weighted by molar-refractivity contribution is 0.593. The highest BCUT2D eigenvalue weighted by Gasteiger charge is 2.03. The summed E-state index contributed by atoms with van der Waals surface area (Å²) in [5.74, 6) is -0.592. The number of fused-ring (bicyclic) bond motifs is 1. The molecule has 6 heteroatoms. The van der Waals surface area contributed by atoms with Gasteiger partial charge in [0.05, 0.1) is 5.39 Å². The molecular formula is C5H3FN4O. The predicted octanol–water partition coefficient (Wildman–Crippen LogP) is -0.215. The Hall–Kier alpha value is -1.72. The van der Waals surface area contributed by atoms with Gasteiger partial charge in [0.1, 0.15) is 0 Å². The number of rotatable bonds is 0. The van der Waals surface area contributed by atoms with Gasteiger partial charge in [-0.05, 0) is 0 Å². The number of H-pyrrole nitrogens is 2. The Kier molecular flexibility index (Phi) is 1.03. The Morgan fingerprint density at radius 1 is 1.55 bits per heavy atom. The van der Waals surface area contributed by atoms with E-state index in [1.54, 1.807) is 0 Å². The Morgan fingerprint density at radius 2 is 2.36 bits per heavy atom. The van der Waals surface area contributed by atoms with E-state index in [1.165, 1.54) is 0 Å². The van der Waals surface area contributed by atoms with Gasteiger partial charge in [-0.1, -0.05) is 5.21 Å². The van der Waals surface area contributed by atoms with Crippen molar-refractivity contribution in [3.63, 3.8) is 0 Å². The van der Waals surface area contributed by atoms with E-state index in [4.69, 9.17) is 0 Å². The molecule has 0 saturated heterocycles. The van der Waals surface area contributed by atoms with E-state index in [0.717, 1.165) is 6.07 Å². The number of nitrogens with one attached hydrogen (secondary N) is 2. The molecule has 2 heterocycles. The van der Waals surface area contributed by atoms with Crippen LogP contribution in [-0.2, 0) is 0 Å². The van der Waals surface area contributed by atoms with Crippen LogP contribution in [0.1, 0.15) is 0 Å². The molecule has 0 fully saturated rings. The fourth-order valence-corrected chi connectivity index (χ4v) is 0.844. The van der Waals surface area contributed by atoms with E-state index in [1.807, 2.05) is 0 Å². The number of hydrogen-bond acceptors (Lipinski definition) is 3. The lowest BCUT2D eigenvalue weighted by Gasteiger charge is -1.81. The van der Waals surface area contributed by atoms with Gasteiger partial charge < -0.3 is 4.98 Å². The average molecular weight is 154 g/mol. The molecule has 0 unspecified atom stereocenters. The van der Waals surface area contributed by atoms with Crippen molar-refractivity contribution >= 4 is 11.0 Å². The lowest BCUT2D eigenvalue weighted by atomic mass is 10.4. The molecule has 0 spiro atoms. The molecule has 0 radical (unpaired) electrons. The predicted molar refractivity (Wildman–Crippen MR) is 34.5 cm³/mol. The van der Waals surface area contributed by atoms with Crippen LogP contribution in [-0.4, -0.2) is 20.4 Å². The molecule has 0 aromatic carbocycles. The Morgan fingerprint density at radius 3 is 3.09 bits per heavy atom. The van der Waals surface area contributed by atoms with Crippen molar-refractivity contribution in [1.29, 1.82) is 0 Å². The molecular weight excluding hydrogens is 151 g/mol. The minimum Gasteiger partial charge on any atom is -0.314 e. The van der Waals surface area contributed by atoms with Crippen molar-refractivity contribution in [2.75, 3.05) is 0 Å². The van der Waals surface area contributed by atoms with Crippen molar-refractivity contribution in [2.24, 2.45) is 0 Å². The van der Waals surface area contributed by atoms with Gasteiger partial charge in [0.25, 0.3) is 5.56 Å². The zero-order valence-electron chi connectivity index (χ0n) is 5.26. The van der Waals surface area contributed by atoms with Crippen LogP contribution in [0.3, 0.4) is 0 Å². The quantitative estimate of drug-likeness (QED) is 0.551. The molecule has 56 valence electrons. The summed E-state index contributed by atoms with van der Waals surface area (Å²) < 4.78 is 12.4. The van der Waals surface area contributed by atoms with Gasteiger partial charge in [-0.3, -0.25) is 4.79 Å². The molecule has 0 atom stereocenters. The van der Waals surface area contributed by atoms with E-state index in [9.17, 15) is 9.18 Å². The van der Waals surface area contributed by atoms with Gasteiger partial charge in [0.15, 0.2) is 11.6 Å². The number of halogens is 1. The van der Waals surface area contributed by atoms with Gasteiger partial charge >= 0.3 is 0 Å². The first-order chi connectivity index (χ1) is 5.27. The lowest BCUT2D eigenvalue weighted by Crippen LogP contribution is -2.08. The highest BCUT2D eigenvalue weighted by molar-refractivity contribution is 5.73. The summed E-state index contributed by atoms with van der Waals surface area (Å²) in [5.41, 5.74) is -0.290. The van der Waals surface area contributed by atoms with Crippen molar-refractivity contribution in [2.45, 2.75) is 0 Å². The maximum atomic E-state index is 12.4. The number of hydrogen-bond donors (Lipinski definition) is 2. The second-order valence-corrected chi connectivity index (χ2v) is 2.02. The largest absolute Gasteiger partial charge is 0.314 e. The van der Waals surface area contributed by atoms with Crippen molar-refractivity contribution in [3.05, 3.63) is 22.4 Å². The molecule has 2 aromatic heterocycles. The molecule has 0 aliphatic heterocycles. The minimum absolute atomic E-state index is 0.159. The van der Waals surface area contributed by atoms with E-state index < -0.39 is 11.5 Å². The summed E-state index contributed by atoms with van der Waals surface area (Å²) in [4.78, 5) is 13.1. The smallest absolute Gasteiger partial charge is 0.276 e. The highest BCUT2D eigenvalue weighted by Crippen LogP contribution is 2.03. The zero-order chi connectivity index (χ0) is 7.84. The van der Waals surface area contributed by atoms with E-state index in [0.29, 0.717) is 0 Å². The molecule has 11 heavy (non-hydrogen) atoms. The molecule has 0 aliphatic carbocycles. The third-order valence-electron chi connectivity index (χ3n) is 1.31. The van der Waals surface area contributed by atoms with E-state index >= 15 is 0 Å². The Labute approximate surface area is 59.2 Å². The van der Waals surface area contributed by atoms with Crippen LogP contribution in [0.4, 0.5) is 4.39 Å². The molecule has 2 N–H and O–H groups in total. The van der Waals surface area contributed by atoms with Gasteiger partial charge in [-0.2, -0.15) is 4.39 Å². The second kappa shape index (κ2) is 1.88. The van der Waals surface area contributed by atoms with Crippen LogP contribution in [0.2, 0.25) is 0 Å². The van der Waals surface area contributed by atoms with E-state index in [-0.39, 0.29) is 11.0 Å². The maximum Gasteiger partial charge on any atom is 0.276 e. The average Bonchev–Trinajstić information content (AvgIpc) is 2.31. The van der Waals surface area contributed by atoms with Crippen LogP contribution >= 0.6 is 0 Å². The number of aromatic amines is 2.